The van der Waals surface area contributed by atoms with Gasteiger partial charge in [0.1, 0.15) is 11.4 Å². The van der Waals surface area contributed by atoms with E-state index in [1.807, 2.05) is 85.8 Å². The van der Waals surface area contributed by atoms with Gasteiger partial charge in [-0.3, -0.25) is 9.78 Å². The number of ether oxygens (including phenoxy) is 1. The summed E-state index contributed by atoms with van der Waals surface area (Å²) in [5, 5.41) is 16.1. The highest BCUT2D eigenvalue weighted by molar-refractivity contribution is 5.92. The van der Waals surface area contributed by atoms with E-state index in [-0.39, 0.29) is 12.3 Å². The monoisotopic (exact) mass is 450 g/mol. The van der Waals surface area contributed by atoms with Gasteiger partial charge in [0, 0.05) is 17.4 Å². The third-order valence-electron chi connectivity index (χ3n) is 5.22. The van der Waals surface area contributed by atoms with Gasteiger partial charge in [-0.1, -0.05) is 30.3 Å². The van der Waals surface area contributed by atoms with E-state index in [0.29, 0.717) is 23.8 Å². The first-order valence-electron chi connectivity index (χ1n) is 11.0. The molecule has 8 heteroatoms. The maximum absolute atomic E-state index is 12.5. The van der Waals surface area contributed by atoms with E-state index in [1.165, 1.54) is 0 Å². The minimum absolute atomic E-state index is 0.0825. The molecule has 0 bridgehead atoms. The highest BCUT2D eigenvalue weighted by Crippen LogP contribution is 2.22. The molecule has 0 fully saturated rings. The van der Waals surface area contributed by atoms with Gasteiger partial charge >= 0.3 is 0 Å². The highest BCUT2D eigenvalue weighted by atomic mass is 16.5. The molecule has 3 heterocycles. The van der Waals surface area contributed by atoms with E-state index < -0.39 is 0 Å². The largest absolute Gasteiger partial charge is 0.494 e. The molecule has 0 atom stereocenters. The van der Waals surface area contributed by atoms with Gasteiger partial charge in [-0.25, -0.2) is 0 Å². The fourth-order valence-corrected chi connectivity index (χ4v) is 3.58. The Kier molecular flexibility index (Phi) is 5.94. The summed E-state index contributed by atoms with van der Waals surface area (Å²) < 4.78 is 7.12. The summed E-state index contributed by atoms with van der Waals surface area (Å²) in [6.07, 6.45) is 2.00. The summed E-state index contributed by atoms with van der Waals surface area (Å²) in [6, 6.07) is 24.5. The molecular formula is C26H22N6O2. The SMILES string of the molecule is CCOc1ccc(CC(=O)Nc2ccc(-c3ccc4nnc(-c5ccccn5)n4n3)cc2)cc1. The molecule has 0 saturated heterocycles. The number of carbonyl (C=O) groups is 1. The van der Waals surface area contributed by atoms with Crippen LogP contribution in [-0.2, 0) is 11.2 Å². The summed E-state index contributed by atoms with van der Waals surface area (Å²) in [5.74, 6) is 1.30. The molecule has 2 aromatic carbocycles. The minimum atomic E-state index is -0.0825. The lowest BCUT2D eigenvalue weighted by molar-refractivity contribution is -0.115. The lowest BCUT2D eigenvalue weighted by Crippen LogP contribution is -2.14. The lowest BCUT2D eigenvalue weighted by Gasteiger charge is -2.08. The van der Waals surface area contributed by atoms with E-state index in [2.05, 4.69) is 20.5 Å². The molecule has 1 amide bonds. The molecule has 0 aliphatic heterocycles. The second-order valence-corrected chi connectivity index (χ2v) is 7.61. The number of carbonyl (C=O) groups excluding carboxylic acids is 1. The number of hydrogen-bond acceptors (Lipinski definition) is 6. The van der Waals surface area contributed by atoms with E-state index in [4.69, 9.17) is 9.84 Å². The lowest BCUT2D eigenvalue weighted by atomic mass is 10.1. The highest BCUT2D eigenvalue weighted by Gasteiger charge is 2.12. The zero-order valence-electron chi connectivity index (χ0n) is 18.5. The topological polar surface area (TPSA) is 94.3 Å². The summed E-state index contributed by atoms with van der Waals surface area (Å²) in [5.41, 5.74) is 4.66. The molecule has 5 rings (SSSR count). The molecule has 0 unspecified atom stereocenters. The van der Waals surface area contributed by atoms with Gasteiger partial charge in [0.15, 0.2) is 5.65 Å². The number of rotatable bonds is 7. The van der Waals surface area contributed by atoms with E-state index in [0.717, 1.165) is 28.3 Å². The van der Waals surface area contributed by atoms with Crippen LogP contribution >= 0.6 is 0 Å². The number of hydrogen-bond donors (Lipinski definition) is 1. The number of aromatic nitrogens is 5. The molecule has 0 aliphatic rings. The fraction of sp³-hybridized carbons (Fsp3) is 0.115. The predicted molar refractivity (Wildman–Crippen MR) is 129 cm³/mol. The van der Waals surface area contributed by atoms with Crippen LogP contribution in [0.4, 0.5) is 5.69 Å². The van der Waals surface area contributed by atoms with Gasteiger partial charge in [0.05, 0.1) is 18.7 Å². The number of benzene rings is 2. The van der Waals surface area contributed by atoms with Gasteiger partial charge < -0.3 is 10.1 Å². The summed E-state index contributed by atoms with van der Waals surface area (Å²) >= 11 is 0. The zero-order chi connectivity index (χ0) is 23.3. The smallest absolute Gasteiger partial charge is 0.228 e. The van der Waals surface area contributed by atoms with Crippen LogP contribution in [0.2, 0.25) is 0 Å². The number of fused-ring (bicyclic) bond motifs is 1. The van der Waals surface area contributed by atoms with E-state index in [1.54, 1.807) is 10.7 Å². The van der Waals surface area contributed by atoms with Crippen LogP contribution < -0.4 is 10.1 Å². The zero-order valence-corrected chi connectivity index (χ0v) is 18.5. The third-order valence-corrected chi connectivity index (χ3v) is 5.22. The van der Waals surface area contributed by atoms with Crippen molar-refractivity contribution in [1.29, 1.82) is 0 Å². The average Bonchev–Trinajstić information content (AvgIpc) is 3.30. The standard InChI is InChI=1S/C26H22N6O2/c1-2-34-21-12-6-18(7-13-21)17-25(33)28-20-10-8-19(9-11-20)22-14-15-24-29-30-26(32(24)31-22)23-5-3-4-16-27-23/h3-16H,2,17H2,1H3,(H,28,33). The number of pyridine rings is 1. The fourth-order valence-electron chi connectivity index (χ4n) is 3.58. The normalized spacial score (nSPS) is 10.9. The van der Waals surface area contributed by atoms with Crippen molar-refractivity contribution >= 4 is 17.2 Å². The van der Waals surface area contributed by atoms with Crippen molar-refractivity contribution in [2.24, 2.45) is 0 Å². The Morgan fingerprint density at radius 1 is 0.912 bits per heavy atom. The van der Waals surface area contributed by atoms with Gasteiger partial charge in [0.2, 0.25) is 11.7 Å². The Hall–Kier alpha value is -4.59. The second-order valence-electron chi connectivity index (χ2n) is 7.61. The van der Waals surface area contributed by atoms with Gasteiger partial charge in [0.25, 0.3) is 0 Å². The van der Waals surface area contributed by atoms with Crippen LogP contribution in [0.15, 0.2) is 85.1 Å². The quantitative estimate of drug-likeness (QED) is 0.394. The Morgan fingerprint density at radius 3 is 2.47 bits per heavy atom. The molecule has 0 saturated carbocycles. The summed E-state index contributed by atoms with van der Waals surface area (Å²) in [7, 11) is 0. The molecule has 34 heavy (non-hydrogen) atoms. The Morgan fingerprint density at radius 2 is 1.74 bits per heavy atom. The van der Waals surface area contributed by atoms with Gasteiger partial charge in [-0.2, -0.15) is 9.61 Å². The predicted octanol–water partition coefficient (Wildman–Crippen LogP) is 4.43. The molecule has 3 aromatic heterocycles. The van der Waals surface area contributed by atoms with Gasteiger partial charge in [-0.05, 0) is 61.0 Å². The van der Waals surface area contributed by atoms with Crippen LogP contribution in [0, 0.1) is 0 Å². The van der Waals surface area contributed by atoms with Crippen LogP contribution in [0.5, 0.6) is 5.75 Å². The van der Waals surface area contributed by atoms with Crippen LogP contribution in [-0.4, -0.2) is 37.3 Å². The van der Waals surface area contributed by atoms with Crippen molar-refractivity contribution in [2.75, 3.05) is 11.9 Å². The van der Waals surface area contributed by atoms with Crippen molar-refractivity contribution in [2.45, 2.75) is 13.3 Å². The van der Waals surface area contributed by atoms with Crippen LogP contribution in [0.1, 0.15) is 12.5 Å². The molecule has 168 valence electrons. The number of nitrogens with zero attached hydrogens (tertiary/aromatic N) is 5. The number of anilines is 1. The number of nitrogens with one attached hydrogen (secondary N) is 1. The Balaban J connectivity index is 1.29. The molecule has 5 aromatic rings. The van der Waals surface area contributed by atoms with Crippen molar-refractivity contribution in [3.05, 3.63) is 90.6 Å². The van der Waals surface area contributed by atoms with Crippen molar-refractivity contribution in [3.63, 3.8) is 0 Å². The molecule has 8 nitrogen and oxygen atoms in total. The molecule has 0 aliphatic carbocycles. The molecule has 0 spiro atoms. The first-order valence-corrected chi connectivity index (χ1v) is 11.0. The first-order chi connectivity index (χ1) is 16.7. The maximum atomic E-state index is 12.5. The van der Waals surface area contributed by atoms with Crippen LogP contribution in [0.25, 0.3) is 28.4 Å². The van der Waals surface area contributed by atoms with E-state index in [9.17, 15) is 4.79 Å². The van der Waals surface area contributed by atoms with Gasteiger partial charge in [-0.15, -0.1) is 10.2 Å². The van der Waals surface area contributed by atoms with Crippen molar-refractivity contribution in [3.8, 4) is 28.5 Å². The van der Waals surface area contributed by atoms with E-state index >= 15 is 0 Å². The Labute approximate surface area is 196 Å². The molecule has 1 N–H and O–H groups in total. The van der Waals surface area contributed by atoms with Crippen molar-refractivity contribution < 1.29 is 9.53 Å². The maximum Gasteiger partial charge on any atom is 0.228 e. The summed E-state index contributed by atoms with van der Waals surface area (Å²) in [6.45, 7) is 2.55. The second kappa shape index (κ2) is 9.50. The minimum Gasteiger partial charge on any atom is -0.494 e. The number of amides is 1. The summed E-state index contributed by atoms with van der Waals surface area (Å²) in [4.78, 5) is 16.8. The molecule has 0 radical (unpaired) electrons. The third kappa shape index (κ3) is 4.61. The average molecular weight is 451 g/mol. The van der Waals surface area contributed by atoms with Crippen molar-refractivity contribution in [1.82, 2.24) is 24.8 Å². The Bertz CT molecular complexity index is 1410. The molecular weight excluding hydrogens is 428 g/mol. The van der Waals surface area contributed by atoms with Crippen LogP contribution in [0.3, 0.4) is 0 Å². The first kappa shape index (κ1) is 21.3.